The van der Waals surface area contributed by atoms with E-state index in [0.717, 1.165) is 12.1 Å². The molecule has 1 nitrogen and oxygen atoms in total. The fraction of sp³-hybridized carbons (Fsp3) is 0.500. The number of nitrogens with one attached hydrogen (secondary N) is 1. The summed E-state index contributed by atoms with van der Waals surface area (Å²) in [7, 11) is 0. The van der Waals surface area contributed by atoms with Crippen molar-refractivity contribution in [2.75, 3.05) is 0 Å². The third kappa shape index (κ3) is 2.13. The van der Waals surface area contributed by atoms with Crippen molar-refractivity contribution in [3.8, 4) is 0 Å². The first-order valence-corrected chi connectivity index (χ1v) is 5.24. The van der Waals surface area contributed by atoms with Crippen molar-refractivity contribution in [3.05, 3.63) is 35.1 Å². The quantitative estimate of drug-likeness (QED) is 0.778. The molecule has 0 heterocycles. The highest BCUT2D eigenvalue weighted by Crippen LogP contribution is 2.18. The van der Waals surface area contributed by atoms with Crippen LogP contribution >= 0.6 is 0 Å². The second-order valence-corrected chi connectivity index (χ2v) is 4.09. The predicted octanol–water partition coefficient (Wildman–Crippen LogP) is 2.78. The highest BCUT2D eigenvalue weighted by Gasteiger charge is 2.15. The Balaban J connectivity index is 1.91. The summed E-state index contributed by atoms with van der Waals surface area (Å²) in [5.74, 6) is -0.114. The molecular weight excluding hydrogens is 177 g/mol. The van der Waals surface area contributed by atoms with E-state index in [4.69, 9.17) is 0 Å². The van der Waals surface area contributed by atoms with Crippen LogP contribution in [-0.2, 0) is 6.54 Å². The Bertz CT molecular complexity index is 318. The number of benzene rings is 1. The zero-order valence-corrected chi connectivity index (χ0v) is 8.52. The minimum atomic E-state index is -0.114. The number of rotatable bonds is 3. The second-order valence-electron chi connectivity index (χ2n) is 4.09. The van der Waals surface area contributed by atoms with Gasteiger partial charge < -0.3 is 5.32 Å². The van der Waals surface area contributed by atoms with Crippen LogP contribution in [0.3, 0.4) is 0 Å². The fourth-order valence-electron chi connectivity index (χ4n) is 1.69. The van der Waals surface area contributed by atoms with Gasteiger partial charge in [0.25, 0.3) is 0 Å². The maximum absolute atomic E-state index is 13.0. The molecule has 1 aromatic rings. The molecule has 1 fully saturated rings. The van der Waals surface area contributed by atoms with Gasteiger partial charge in [-0.15, -0.1) is 0 Å². The van der Waals surface area contributed by atoms with Crippen molar-refractivity contribution >= 4 is 0 Å². The molecular formula is C12H16FN. The highest BCUT2D eigenvalue weighted by atomic mass is 19.1. The molecule has 0 atom stereocenters. The van der Waals surface area contributed by atoms with Gasteiger partial charge in [0.05, 0.1) is 0 Å². The Labute approximate surface area is 84.3 Å². The van der Waals surface area contributed by atoms with Crippen molar-refractivity contribution in [3.63, 3.8) is 0 Å². The summed E-state index contributed by atoms with van der Waals surface area (Å²) in [6.45, 7) is 2.67. The molecule has 1 aliphatic carbocycles. The minimum Gasteiger partial charge on any atom is -0.310 e. The number of aryl methyl sites for hydroxylation is 1. The van der Waals surface area contributed by atoms with E-state index < -0.39 is 0 Å². The van der Waals surface area contributed by atoms with Crippen LogP contribution in [0.2, 0.25) is 0 Å². The van der Waals surface area contributed by atoms with Gasteiger partial charge in [-0.25, -0.2) is 4.39 Å². The maximum atomic E-state index is 13.0. The van der Waals surface area contributed by atoms with Crippen LogP contribution in [-0.4, -0.2) is 6.04 Å². The van der Waals surface area contributed by atoms with E-state index in [1.807, 2.05) is 19.1 Å². The maximum Gasteiger partial charge on any atom is 0.126 e. The summed E-state index contributed by atoms with van der Waals surface area (Å²) < 4.78 is 13.0. The first-order chi connectivity index (χ1) is 6.75. The van der Waals surface area contributed by atoms with Gasteiger partial charge in [-0.3, -0.25) is 0 Å². The van der Waals surface area contributed by atoms with Gasteiger partial charge in [-0.1, -0.05) is 18.6 Å². The number of hydrogen-bond donors (Lipinski definition) is 1. The molecule has 0 amide bonds. The third-order valence-electron chi connectivity index (χ3n) is 2.92. The Morgan fingerprint density at radius 2 is 2.21 bits per heavy atom. The third-order valence-corrected chi connectivity index (χ3v) is 2.92. The summed E-state index contributed by atoms with van der Waals surface area (Å²) in [5, 5.41) is 3.46. The Kier molecular flexibility index (Phi) is 2.82. The average Bonchev–Trinajstić information content (AvgIpc) is 2.08. The van der Waals surface area contributed by atoms with Crippen molar-refractivity contribution < 1.29 is 4.39 Å². The molecule has 14 heavy (non-hydrogen) atoms. The summed E-state index contributed by atoms with van der Waals surface area (Å²) in [6, 6.07) is 6.02. The lowest BCUT2D eigenvalue weighted by Gasteiger charge is -2.26. The smallest absolute Gasteiger partial charge is 0.126 e. The molecule has 2 heteroatoms. The van der Waals surface area contributed by atoms with Crippen LogP contribution in [0.15, 0.2) is 18.2 Å². The van der Waals surface area contributed by atoms with Crippen molar-refractivity contribution in [1.29, 1.82) is 0 Å². The molecule has 0 aliphatic heterocycles. The largest absolute Gasteiger partial charge is 0.310 e. The molecule has 1 N–H and O–H groups in total. The molecule has 0 spiro atoms. The Morgan fingerprint density at radius 3 is 2.79 bits per heavy atom. The van der Waals surface area contributed by atoms with E-state index >= 15 is 0 Å². The lowest BCUT2D eigenvalue weighted by Crippen LogP contribution is -2.34. The van der Waals surface area contributed by atoms with Crippen molar-refractivity contribution in [2.24, 2.45) is 0 Å². The van der Waals surface area contributed by atoms with E-state index in [2.05, 4.69) is 5.32 Å². The fourth-order valence-corrected chi connectivity index (χ4v) is 1.69. The summed E-state index contributed by atoms with van der Waals surface area (Å²) in [6.07, 6.45) is 3.93. The molecule has 76 valence electrons. The first kappa shape index (κ1) is 9.66. The van der Waals surface area contributed by atoms with E-state index in [1.165, 1.54) is 24.8 Å². The Hall–Kier alpha value is -0.890. The normalized spacial score (nSPS) is 16.7. The molecule has 2 rings (SSSR count). The highest BCUT2D eigenvalue weighted by molar-refractivity contribution is 5.23. The lowest BCUT2D eigenvalue weighted by molar-refractivity contribution is 0.338. The molecule has 1 aliphatic rings. The van der Waals surface area contributed by atoms with Crippen LogP contribution in [0, 0.1) is 12.7 Å². The zero-order chi connectivity index (χ0) is 9.97. The van der Waals surface area contributed by atoms with Gasteiger partial charge in [0.2, 0.25) is 0 Å². The lowest BCUT2D eigenvalue weighted by atomic mass is 9.93. The van der Waals surface area contributed by atoms with Crippen molar-refractivity contribution in [1.82, 2.24) is 5.32 Å². The van der Waals surface area contributed by atoms with Gasteiger partial charge >= 0.3 is 0 Å². The molecule has 0 saturated heterocycles. The Morgan fingerprint density at radius 1 is 1.43 bits per heavy atom. The molecule has 0 aromatic heterocycles. The van der Waals surface area contributed by atoms with E-state index in [1.54, 1.807) is 6.07 Å². The van der Waals surface area contributed by atoms with Crippen molar-refractivity contribution in [2.45, 2.75) is 38.8 Å². The minimum absolute atomic E-state index is 0.114. The topological polar surface area (TPSA) is 12.0 Å². The van der Waals surface area contributed by atoms with Gasteiger partial charge in [-0.05, 0) is 37.0 Å². The van der Waals surface area contributed by atoms with Gasteiger partial charge in [-0.2, -0.15) is 0 Å². The molecule has 0 bridgehead atoms. The van der Waals surface area contributed by atoms with Crippen LogP contribution < -0.4 is 5.32 Å². The predicted molar refractivity (Wildman–Crippen MR) is 55.6 cm³/mol. The summed E-state index contributed by atoms with van der Waals surface area (Å²) in [4.78, 5) is 0. The first-order valence-electron chi connectivity index (χ1n) is 5.24. The van der Waals surface area contributed by atoms with Crippen LogP contribution in [0.5, 0.6) is 0 Å². The van der Waals surface area contributed by atoms with E-state index in [9.17, 15) is 4.39 Å². The van der Waals surface area contributed by atoms with E-state index in [-0.39, 0.29) is 5.82 Å². The summed E-state index contributed by atoms with van der Waals surface area (Å²) in [5.41, 5.74) is 1.91. The summed E-state index contributed by atoms with van der Waals surface area (Å²) >= 11 is 0. The van der Waals surface area contributed by atoms with Crippen LogP contribution in [0.25, 0.3) is 0 Å². The number of halogens is 1. The average molecular weight is 193 g/mol. The van der Waals surface area contributed by atoms with Gasteiger partial charge in [0.15, 0.2) is 0 Å². The van der Waals surface area contributed by atoms with E-state index in [0.29, 0.717) is 6.04 Å². The molecule has 0 unspecified atom stereocenters. The molecule has 0 radical (unpaired) electrons. The van der Waals surface area contributed by atoms with Gasteiger partial charge in [0.1, 0.15) is 5.82 Å². The standard InChI is InChI=1S/C12H16FN/c1-9-7-10(5-6-12(9)13)8-14-11-3-2-4-11/h5-7,11,14H,2-4,8H2,1H3. The number of hydrogen-bond acceptors (Lipinski definition) is 1. The monoisotopic (exact) mass is 193 g/mol. The molecule has 1 saturated carbocycles. The van der Waals surface area contributed by atoms with Crippen LogP contribution in [0.4, 0.5) is 4.39 Å². The van der Waals surface area contributed by atoms with Gasteiger partial charge in [0, 0.05) is 12.6 Å². The molecule has 1 aromatic carbocycles. The SMILES string of the molecule is Cc1cc(CNC2CCC2)ccc1F. The van der Waals surface area contributed by atoms with Crippen LogP contribution in [0.1, 0.15) is 30.4 Å². The zero-order valence-electron chi connectivity index (χ0n) is 8.52. The second kappa shape index (κ2) is 4.09.